The number of nitrogens with zero attached hydrogens (tertiary/aromatic N) is 4. The summed E-state index contributed by atoms with van der Waals surface area (Å²) in [6, 6.07) is 11.6. The van der Waals surface area contributed by atoms with E-state index in [1.165, 1.54) is 6.20 Å². The molecule has 11 nitrogen and oxygen atoms in total. The van der Waals surface area contributed by atoms with Gasteiger partial charge in [-0.3, -0.25) is 9.71 Å². The lowest BCUT2D eigenvalue weighted by Gasteiger charge is -2.33. The number of hydrogen-bond donors (Lipinski definition) is 1. The first-order chi connectivity index (χ1) is 21.0. The largest absolute Gasteiger partial charge is 0.381 e. The lowest BCUT2D eigenvalue weighted by molar-refractivity contribution is 0.0552. The highest BCUT2D eigenvalue weighted by Crippen LogP contribution is 2.45. The van der Waals surface area contributed by atoms with Gasteiger partial charge < -0.3 is 13.8 Å². The van der Waals surface area contributed by atoms with Gasteiger partial charge in [0, 0.05) is 36.8 Å². The second kappa shape index (κ2) is 10.7. The lowest BCUT2D eigenvalue weighted by atomic mass is 9.86. The number of sulfone groups is 1. The maximum absolute atomic E-state index is 13.4. The van der Waals surface area contributed by atoms with Crippen molar-refractivity contribution in [3.63, 3.8) is 0 Å². The number of ether oxygens (including phenoxy) is 1. The molecule has 1 aromatic carbocycles. The molecular weight excluding hydrogens is 603 g/mol. The van der Waals surface area contributed by atoms with Crippen molar-refractivity contribution in [3.05, 3.63) is 65.8 Å². The number of aryl methyl sites for hydroxylation is 2. The van der Waals surface area contributed by atoms with E-state index >= 15 is 0 Å². The van der Waals surface area contributed by atoms with E-state index in [2.05, 4.69) is 14.9 Å². The Morgan fingerprint density at radius 3 is 2.34 bits per heavy atom. The minimum atomic E-state index is -3.82. The molecule has 5 aromatic rings. The second-order valence-electron chi connectivity index (χ2n) is 11.8. The van der Waals surface area contributed by atoms with Crippen LogP contribution >= 0.6 is 0 Å². The fraction of sp³-hybridized carbons (Fsp3) is 0.387. The van der Waals surface area contributed by atoms with Gasteiger partial charge in [0.1, 0.15) is 10.7 Å². The van der Waals surface area contributed by atoms with Crippen molar-refractivity contribution in [2.24, 2.45) is 5.92 Å². The Bertz CT molecular complexity index is 2090. The number of anilines is 1. The summed E-state index contributed by atoms with van der Waals surface area (Å²) in [6.45, 7) is 4.86. The lowest BCUT2D eigenvalue weighted by Crippen LogP contribution is -2.27. The maximum atomic E-state index is 13.4. The molecule has 44 heavy (non-hydrogen) atoms. The molecule has 1 aliphatic carbocycles. The van der Waals surface area contributed by atoms with Gasteiger partial charge in [0.2, 0.25) is 10.0 Å². The molecule has 1 aliphatic heterocycles. The molecule has 13 heteroatoms. The van der Waals surface area contributed by atoms with Gasteiger partial charge in [-0.1, -0.05) is 35.5 Å². The summed E-state index contributed by atoms with van der Waals surface area (Å²) >= 11 is 0. The predicted molar refractivity (Wildman–Crippen MR) is 167 cm³/mol. The zero-order valence-electron chi connectivity index (χ0n) is 24.6. The smallest absolute Gasteiger partial charge is 0.236 e. The van der Waals surface area contributed by atoms with Crippen molar-refractivity contribution in [1.82, 2.24) is 19.7 Å². The van der Waals surface area contributed by atoms with Gasteiger partial charge in [-0.15, -0.1) is 0 Å². The van der Waals surface area contributed by atoms with Crippen LogP contribution in [-0.4, -0.2) is 61.2 Å². The minimum Gasteiger partial charge on any atom is -0.381 e. The molecule has 0 bridgehead atoms. The van der Waals surface area contributed by atoms with Crippen LogP contribution < -0.4 is 4.72 Å². The van der Waals surface area contributed by atoms with Gasteiger partial charge >= 0.3 is 0 Å². The normalized spacial score (nSPS) is 17.3. The SMILES string of the molecule is Cc1noc(C)c1-c1cnc2c3c(NS(=O)(=O)C4CC4)ncc(S(C)(=O)=O)c3n([C@H](c3ccccc3)C3CCOCC3)c2c1. The Morgan fingerprint density at radius 2 is 1.70 bits per heavy atom. The van der Waals surface area contributed by atoms with E-state index in [9.17, 15) is 16.8 Å². The van der Waals surface area contributed by atoms with Crippen LogP contribution in [0.15, 0.2) is 58.2 Å². The summed E-state index contributed by atoms with van der Waals surface area (Å²) in [5, 5.41) is 3.98. The van der Waals surface area contributed by atoms with Gasteiger partial charge in [-0.2, -0.15) is 0 Å². The average Bonchev–Trinajstić information content (AvgIpc) is 3.75. The zero-order chi connectivity index (χ0) is 30.8. The Hall–Kier alpha value is -3.81. The van der Waals surface area contributed by atoms with Crippen molar-refractivity contribution < 1.29 is 26.1 Å². The molecule has 1 saturated carbocycles. The molecule has 4 aromatic heterocycles. The van der Waals surface area contributed by atoms with Crippen LogP contribution in [0.5, 0.6) is 0 Å². The first-order valence-electron chi connectivity index (χ1n) is 14.6. The second-order valence-corrected chi connectivity index (χ2v) is 15.7. The third-order valence-corrected chi connectivity index (χ3v) is 11.6. The zero-order valence-corrected chi connectivity index (χ0v) is 26.3. The van der Waals surface area contributed by atoms with Crippen molar-refractivity contribution in [2.45, 2.75) is 55.7 Å². The van der Waals surface area contributed by atoms with Crippen LogP contribution in [0.4, 0.5) is 5.82 Å². The molecular formula is C31H33N5O6S2. The van der Waals surface area contributed by atoms with Crippen molar-refractivity contribution >= 4 is 47.6 Å². The molecule has 0 spiro atoms. The van der Waals surface area contributed by atoms with Crippen LogP contribution in [0.2, 0.25) is 0 Å². The van der Waals surface area contributed by atoms with Crippen LogP contribution in [0.3, 0.4) is 0 Å². The van der Waals surface area contributed by atoms with E-state index in [1.54, 1.807) is 6.20 Å². The number of benzene rings is 1. The summed E-state index contributed by atoms with van der Waals surface area (Å²) in [7, 11) is -7.54. The van der Waals surface area contributed by atoms with Gasteiger partial charge in [-0.25, -0.2) is 21.8 Å². The molecule has 2 aliphatic rings. The Kier molecular flexibility index (Phi) is 7.02. The molecule has 1 saturated heterocycles. The highest BCUT2D eigenvalue weighted by atomic mass is 32.2. The summed E-state index contributed by atoms with van der Waals surface area (Å²) in [5.74, 6) is 0.797. The number of nitrogens with one attached hydrogen (secondary N) is 1. The minimum absolute atomic E-state index is 0.00625. The maximum Gasteiger partial charge on any atom is 0.236 e. The Labute approximate surface area is 255 Å². The predicted octanol–water partition coefficient (Wildman–Crippen LogP) is 5.18. The number of hydrogen-bond acceptors (Lipinski definition) is 9. The van der Waals surface area contributed by atoms with Crippen molar-refractivity contribution in [3.8, 4) is 11.1 Å². The van der Waals surface area contributed by atoms with Gasteiger partial charge in [0.25, 0.3) is 0 Å². The van der Waals surface area contributed by atoms with E-state index in [0.717, 1.165) is 35.8 Å². The summed E-state index contributed by atoms with van der Waals surface area (Å²) < 4.78 is 69.1. The highest BCUT2D eigenvalue weighted by molar-refractivity contribution is 7.93. The van der Waals surface area contributed by atoms with Crippen LogP contribution in [0.25, 0.3) is 33.1 Å². The van der Waals surface area contributed by atoms with E-state index < -0.39 is 25.1 Å². The molecule has 1 atom stereocenters. The molecule has 0 unspecified atom stereocenters. The van der Waals surface area contributed by atoms with Crippen LogP contribution in [0, 0.1) is 19.8 Å². The molecule has 230 valence electrons. The van der Waals surface area contributed by atoms with E-state index in [-0.39, 0.29) is 22.7 Å². The van der Waals surface area contributed by atoms with E-state index in [4.69, 9.17) is 14.2 Å². The molecule has 0 radical (unpaired) electrons. The highest BCUT2D eigenvalue weighted by Gasteiger charge is 2.38. The van der Waals surface area contributed by atoms with Crippen molar-refractivity contribution in [1.29, 1.82) is 0 Å². The fourth-order valence-electron chi connectivity index (χ4n) is 6.48. The molecule has 5 heterocycles. The monoisotopic (exact) mass is 635 g/mol. The first-order valence-corrected chi connectivity index (χ1v) is 18.1. The quantitative estimate of drug-likeness (QED) is 0.244. The van der Waals surface area contributed by atoms with Gasteiger partial charge in [0.05, 0.1) is 45.1 Å². The van der Waals surface area contributed by atoms with Gasteiger partial charge in [-0.05, 0) is 57.1 Å². The van der Waals surface area contributed by atoms with Gasteiger partial charge in [0.15, 0.2) is 15.7 Å². The number of rotatable bonds is 8. The topological polar surface area (TPSA) is 146 Å². The van der Waals surface area contributed by atoms with Crippen LogP contribution in [-0.2, 0) is 24.6 Å². The Balaban J connectivity index is 1.63. The number of fused-ring (bicyclic) bond motifs is 3. The van der Waals surface area contributed by atoms with E-state index in [0.29, 0.717) is 59.4 Å². The number of aromatic nitrogens is 4. The number of pyridine rings is 2. The average molecular weight is 636 g/mol. The standard InChI is InChI=1S/C31H33N5O6S2/c1-18-26(19(2)42-34-18)22-15-24-28(32-16-22)27-30(25(43(3,37)38)17-33-31(27)35-44(39,40)23-9-10-23)36(24)29(20-7-5-4-6-8-20)21-11-13-41-14-12-21/h4-8,15-17,21,23,29H,9-14H2,1-3H3,(H,33,35)/t29-/m1/s1. The first kappa shape index (κ1) is 28.9. The third kappa shape index (κ3) is 4.96. The molecule has 0 amide bonds. The van der Waals surface area contributed by atoms with Crippen molar-refractivity contribution in [2.75, 3.05) is 24.2 Å². The number of sulfonamides is 1. The Morgan fingerprint density at radius 1 is 0.977 bits per heavy atom. The summed E-state index contributed by atoms with van der Waals surface area (Å²) in [5.41, 5.74) is 4.73. The summed E-state index contributed by atoms with van der Waals surface area (Å²) in [6.07, 6.45) is 6.77. The van der Waals surface area contributed by atoms with E-state index in [1.807, 2.05) is 54.8 Å². The third-order valence-electron chi connectivity index (χ3n) is 8.68. The fourth-order valence-corrected chi connectivity index (χ4v) is 8.62. The molecule has 7 rings (SSSR count). The molecule has 2 fully saturated rings. The molecule has 1 N–H and O–H groups in total. The van der Waals surface area contributed by atoms with Crippen LogP contribution in [0.1, 0.15) is 48.7 Å². The summed E-state index contributed by atoms with van der Waals surface area (Å²) in [4.78, 5) is 9.29.